The molecule has 1 atom stereocenters. The Morgan fingerprint density at radius 2 is 2.00 bits per heavy atom. The van der Waals surface area contributed by atoms with Crippen LogP contribution in [0.1, 0.15) is 12.0 Å². The molecule has 0 saturated carbocycles. The van der Waals surface area contributed by atoms with Crippen molar-refractivity contribution in [2.24, 2.45) is 5.92 Å². The van der Waals surface area contributed by atoms with E-state index >= 15 is 0 Å². The van der Waals surface area contributed by atoms with Crippen LogP contribution in [0.3, 0.4) is 0 Å². The number of rotatable bonds is 5. The topological polar surface area (TPSA) is 35.6 Å². The summed E-state index contributed by atoms with van der Waals surface area (Å²) in [6.45, 7) is 3.30. The van der Waals surface area contributed by atoms with Crippen LogP contribution in [0, 0.1) is 5.92 Å². The minimum Gasteiger partial charge on any atom is -0.338 e. The van der Waals surface area contributed by atoms with Crippen molar-refractivity contribution in [2.75, 3.05) is 40.3 Å². The number of halogens is 2. The quantitative estimate of drug-likeness (QED) is 0.891. The van der Waals surface area contributed by atoms with Crippen LogP contribution in [0.15, 0.2) is 18.2 Å². The molecular formula is C16H23Cl2N3O. The predicted molar refractivity (Wildman–Crippen MR) is 91.8 cm³/mol. The fourth-order valence-electron chi connectivity index (χ4n) is 2.86. The van der Waals surface area contributed by atoms with E-state index in [0.717, 1.165) is 38.0 Å². The SMILES string of the molecule is CN(C)C[C@H]1CCN(C(=O)NCCc2cc(Cl)cc(Cl)c2)C1. The smallest absolute Gasteiger partial charge is 0.317 e. The van der Waals surface area contributed by atoms with Gasteiger partial charge in [0.2, 0.25) is 0 Å². The second-order valence-corrected chi connectivity index (χ2v) is 7.00. The third-order valence-electron chi connectivity index (χ3n) is 3.81. The van der Waals surface area contributed by atoms with Crippen LogP contribution in [0.25, 0.3) is 0 Å². The van der Waals surface area contributed by atoms with E-state index in [1.54, 1.807) is 6.07 Å². The van der Waals surface area contributed by atoms with Gasteiger partial charge in [-0.25, -0.2) is 4.79 Å². The predicted octanol–water partition coefficient (Wildman–Crippen LogP) is 3.13. The van der Waals surface area contributed by atoms with Crippen molar-refractivity contribution in [3.05, 3.63) is 33.8 Å². The van der Waals surface area contributed by atoms with E-state index in [1.807, 2.05) is 17.0 Å². The van der Waals surface area contributed by atoms with Gasteiger partial charge in [0.1, 0.15) is 0 Å². The van der Waals surface area contributed by atoms with Gasteiger partial charge in [0.15, 0.2) is 0 Å². The number of hydrogen-bond donors (Lipinski definition) is 1. The molecule has 1 saturated heterocycles. The normalized spacial score (nSPS) is 18.0. The Morgan fingerprint density at radius 3 is 2.64 bits per heavy atom. The minimum atomic E-state index is 0.0226. The molecule has 1 fully saturated rings. The molecule has 0 aromatic heterocycles. The summed E-state index contributed by atoms with van der Waals surface area (Å²) < 4.78 is 0. The van der Waals surface area contributed by atoms with Gasteiger partial charge in [0, 0.05) is 36.2 Å². The molecule has 0 spiro atoms. The van der Waals surface area contributed by atoms with Gasteiger partial charge in [-0.3, -0.25) is 0 Å². The molecule has 2 amide bonds. The number of carbonyl (C=O) groups excluding carboxylic acids is 1. The van der Waals surface area contributed by atoms with Gasteiger partial charge >= 0.3 is 6.03 Å². The maximum absolute atomic E-state index is 12.1. The lowest BCUT2D eigenvalue weighted by Crippen LogP contribution is -2.39. The van der Waals surface area contributed by atoms with Crippen molar-refractivity contribution >= 4 is 29.2 Å². The summed E-state index contributed by atoms with van der Waals surface area (Å²) in [4.78, 5) is 16.2. The Hall–Kier alpha value is -0.970. The summed E-state index contributed by atoms with van der Waals surface area (Å²) in [5, 5.41) is 4.22. The first-order valence-corrected chi connectivity index (χ1v) is 8.32. The number of benzene rings is 1. The number of hydrogen-bond acceptors (Lipinski definition) is 2. The van der Waals surface area contributed by atoms with E-state index in [9.17, 15) is 4.79 Å². The van der Waals surface area contributed by atoms with Crippen molar-refractivity contribution in [1.82, 2.24) is 15.1 Å². The first kappa shape index (κ1) is 17.4. The molecule has 6 heteroatoms. The molecule has 2 rings (SSSR count). The molecule has 1 aromatic carbocycles. The Morgan fingerprint density at radius 1 is 1.32 bits per heavy atom. The van der Waals surface area contributed by atoms with Crippen molar-refractivity contribution in [3.8, 4) is 0 Å². The van der Waals surface area contributed by atoms with Crippen LogP contribution in [0.5, 0.6) is 0 Å². The van der Waals surface area contributed by atoms with Crippen molar-refractivity contribution in [2.45, 2.75) is 12.8 Å². The molecular weight excluding hydrogens is 321 g/mol. The molecule has 1 heterocycles. The van der Waals surface area contributed by atoms with Crippen molar-refractivity contribution in [3.63, 3.8) is 0 Å². The van der Waals surface area contributed by atoms with Crippen LogP contribution < -0.4 is 5.32 Å². The number of carbonyl (C=O) groups is 1. The summed E-state index contributed by atoms with van der Waals surface area (Å²) in [6.07, 6.45) is 1.80. The highest BCUT2D eigenvalue weighted by atomic mass is 35.5. The molecule has 122 valence electrons. The Balaban J connectivity index is 1.74. The average molecular weight is 344 g/mol. The van der Waals surface area contributed by atoms with Crippen molar-refractivity contribution in [1.29, 1.82) is 0 Å². The van der Waals surface area contributed by atoms with E-state index in [0.29, 0.717) is 22.5 Å². The van der Waals surface area contributed by atoms with E-state index in [1.165, 1.54) is 0 Å². The molecule has 1 aliphatic rings. The highest BCUT2D eigenvalue weighted by Crippen LogP contribution is 2.19. The van der Waals surface area contributed by atoms with Gasteiger partial charge < -0.3 is 15.1 Å². The molecule has 1 aromatic rings. The standard InChI is InChI=1S/C16H23Cl2N3O/c1-20(2)10-13-4-6-21(11-13)16(22)19-5-3-12-7-14(17)9-15(18)8-12/h7-9,13H,3-6,10-11H2,1-2H3,(H,19,22)/t13-/m1/s1. The number of likely N-dealkylation sites (tertiary alicyclic amines) is 1. The van der Waals surface area contributed by atoms with E-state index in [4.69, 9.17) is 23.2 Å². The van der Waals surface area contributed by atoms with E-state index < -0.39 is 0 Å². The fraction of sp³-hybridized carbons (Fsp3) is 0.562. The minimum absolute atomic E-state index is 0.0226. The Bertz CT molecular complexity index is 502. The molecule has 1 N–H and O–H groups in total. The molecule has 1 aliphatic heterocycles. The van der Waals surface area contributed by atoms with E-state index in [2.05, 4.69) is 24.3 Å². The number of nitrogens with one attached hydrogen (secondary N) is 1. The molecule has 0 bridgehead atoms. The summed E-state index contributed by atoms with van der Waals surface area (Å²) in [7, 11) is 4.14. The second-order valence-electron chi connectivity index (χ2n) is 6.12. The van der Waals surface area contributed by atoms with Gasteiger partial charge in [0.25, 0.3) is 0 Å². The zero-order chi connectivity index (χ0) is 16.1. The van der Waals surface area contributed by atoms with Crippen molar-refractivity contribution < 1.29 is 4.79 Å². The molecule has 0 radical (unpaired) electrons. The third-order valence-corrected chi connectivity index (χ3v) is 4.25. The Kier molecular flexibility index (Phi) is 6.36. The lowest BCUT2D eigenvalue weighted by atomic mass is 10.1. The summed E-state index contributed by atoms with van der Waals surface area (Å²) in [5.41, 5.74) is 1.03. The van der Waals surface area contributed by atoms with Gasteiger partial charge in [0.05, 0.1) is 0 Å². The lowest BCUT2D eigenvalue weighted by molar-refractivity contribution is 0.205. The third kappa shape index (κ3) is 5.34. The average Bonchev–Trinajstić information content (AvgIpc) is 2.85. The van der Waals surface area contributed by atoms with Crippen LogP contribution in [-0.2, 0) is 6.42 Å². The zero-order valence-electron chi connectivity index (χ0n) is 13.1. The second kappa shape index (κ2) is 8.04. The number of nitrogens with zero attached hydrogens (tertiary/aromatic N) is 2. The first-order valence-electron chi connectivity index (χ1n) is 7.56. The fourth-order valence-corrected chi connectivity index (χ4v) is 3.43. The maximum atomic E-state index is 12.1. The number of amides is 2. The van der Waals surface area contributed by atoms with Crippen LogP contribution in [0.2, 0.25) is 10.0 Å². The molecule has 0 aliphatic carbocycles. The highest BCUT2D eigenvalue weighted by molar-refractivity contribution is 6.34. The van der Waals surface area contributed by atoms with Gasteiger partial charge in [-0.05, 0) is 56.6 Å². The van der Waals surface area contributed by atoms with Crippen LogP contribution >= 0.6 is 23.2 Å². The highest BCUT2D eigenvalue weighted by Gasteiger charge is 2.26. The van der Waals surface area contributed by atoms with Gasteiger partial charge in [-0.2, -0.15) is 0 Å². The maximum Gasteiger partial charge on any atom is 0.317 e. The summed E-state index contributed by atoms with van der Waals surface area (Å²) >= 11 is 11.9. The summed E-state index contributed by atoms with van der Waals surface area (Å²) in [6, 6.07) is 5.49. The van der Waals surface area contributed by atoms with Crippen LogP contribution in [0.4, 0.5) is 4.79 Å². The first-order chi connectivity index (χ1) is 10.4. The zero-order valence-corrected chi connectivity index (χ0v) is 14.6. The van der Waals surface area contributed by atoms with Crippen LogP contribution in [-0.4, -0.2) is 56.1 Å². The number of urea groups is 1. The molecule has 4 nitrogen and oxygen atoms in total. The van der Waals surface area contributed by atoms with E-state index in [-0.39, 0.29) is 6.03 Å². The molecule has 0 unspecified atom stereocenters. The lowest BCUT2D eigenvalue weighted by Gasteiger charge is -2.19. The summed E-state index contributed by atoms with van der Waals surface area (Å²) in [5.74, 6) is 0.576. The largest absolute Gasteiger partial charge is 0.338 e. The molecule has 22 heavy (non-hydrogen) atoms. The Labute approximate surface area is 142 Å². The van der Waals surface area contributed by atoms with Gasteiger partial charge in [-0.1, -0.05) is 23.2 Å². The van der Waals surface area contributed by atoms with Gasteiger partial charge in [-0.15, -0.1) is 0 Å². The monoisotopic (exact) mass is 343 g/mol.